The number of carbonyl (C=O) groups is 1. The smallest absolute Gasteiger partial charge is 0.341 e. The first kappa shape index (κ1) is 10.3. The third-order valence-electron chi connectivity index (χ3n) is 1.63. The van der Waals surface area contributed by atoms with Gasteiger partial charge in [-0.25, -0.2) is 4.79 Å². The highest BCUT2D eigenvalue weighted by atomic mass is 28.2. The molecule has 1 rings (SSSR count). The second-order valence-corrected chi connectivity index (χ2v) is 2.62. The SMILES string of the molecule is COC(=O)c1ccc(C#N)c(O[Si])c1. The number of rotatable bonds is 2. The predicted octanol–water partition coefficient (Wildman–Crippen LogP) is 0.807. The lowest BCUT2D eigenvalue weighted by Gasteiger charge is -2.04. The lowest BCUT2D eigenvalue weighted by molar-refractivity contribution is 0.0600. The van der Waals surface area contributed by atoms with Gasteiger partial charge in [0.15, 0.2) is 0 Å². The summed E-state index contributed by atoms with van der Waals surface area (Å²) in [5.41, 5.74) is 0.674. The van der Waals surface area contributed by atoms with E-state index in [1.165, 1.54) is 25.3 Å². The Morgan fingerprint density at radius 3 is 2.79 bits per heavy atom. The van der Waals surface area contributed by atoms with Crippen molar-refractivity contribution in [2.45, 2.75) is 0 Å². The summed E-state index contributed by atoms with van der Waals surface area (Å²) in [7, 11) is 4.09. The molecule has 0 heterocycles. The summed E-state index contributed by atoms with van der Waals surface area (Å²) in [5, 5.41) is 8.67. The maximum atomic E-state index is 11.1. The minimum Gasteiger partial charge on any atom is -0.540 e. The van der Waals surface area contributed by atoms with E-state index in [0.29, 0.717) is 11.1 Å². The van der Waals surface area contributed by atoms with Crippen molar-refractivity contribution in [2.24, 2.45) is 0 Å². The number of carbonyl (C=O) groups excluding carboxylic acids is 1. The Kier molecular flexibility index (Phi) is 3.26. The quantitative estimate of drug-likeness (QED) is 0.528. The molecule has 0 aliphatic heterocycles. The van der Waals surface area contributed by atoms with Crippen molar-refractivity contribution in [2.75, 3.05) is 7.11 Å². The fourth-order valence-corrected chi connectivity index (χ4v) is 1.11. The number of benzene rings is 1. The number of methoxy groups -OCH3 is 1. The minimum atomic E-state index is -0.473. The number of nitrogens with zero attached hydrogens (tertiary/aromatic N) is 1. The molecule has 5 heteroatoms. The zero-order valence-corrected chi connectivity index (χ0v) is 8.40. The maximum absolute atomic E-state index is 11.1. The van der Waals surface area contributed by atoms with Crippen molar-refractivity contribution in [3.63, 3.8) is 0 Å². The van der Waals surface area contributed by atoms with Crippen LogP contribution in [0.15, 0.2) is 18.2 Å². The van der Waals surface area contributed by atoms with Crippen LogP contribution in [0.25, 0.3) is 0 Å². The maximum Gasteiger partial charge on any atom is 0.341 e. The van der Waals surface area contributed by atoms with Gasteiger partial charge in [-0.1, -0.05) is 0 Å². The normalized spacial score (nSPS) is 8.93. The van der Waals surface area contributed by atoms with Crippen LogP contribution >= 0.6 is 0 Å². The monoisotopic (exact) mass is 204 g/mol. The summed E-state index contributed by atoms with van der Waals surface area (Å²) in [5.74, 6) is -0.188. The Morgan fingerprint density at radius 2 is 2.29 bits per heavy atom. The predicted molar refractivity (Wildman–Crippen MR) is 48.9 cm³/mol. The van der Waals surface area contributed by atoms with Gasteiger partial charge in [0.25, 0.3) is 0 Å². The third-order valence-corrected chi connectivity index (χ3v) is 1.85. The van der Waals surface area contributed by atoms with Gasteiger partial charge in [-0.2, -0.15) is 5.26 Å². The molecule has 0 fully saturated rings. The molecule has 0 bridgehead atoms. The van der Waals surface area contributed by atoms with Crippen molar-refractivity contribution >= 4 is 16.5 Å². The molecule has 3 radical (unpaired) electrons. The van der Waals surface area contributed by atoms with Gasteiger partial charge in [-0.05, 0) is 18.2 Å². The van der Waals surface area contributed by atoms with Gasteiger partial charge in [-0.3, -0.25) is 0 Å². The number of hydrogen-bond acceptors (Lipinski definition) is 4. The van der Waals surface area contributed by atoms with E-state index in [0.717, 1.165) is 0 Å². The molecular formula is C9H6NO3Si. The first-order valence-corrected chi connectivity index (χ1v) is 4.09. The van der Waals surface area contributed by atoms with Crippen molar-refractivity contribution in [3.05, 3.63) is 29.3 Å². The first-order chi connectivity index (χ1) is 6.72. The van der Waals surface area contributed by atoms with Gasteiger partial charge in [0, 0.05) is 0 Å². The topological polar surface area (TPSA) is 59.3 Å². The van der Waals surface area contributed by atoms with Crippen LogP contribution in [0.2, 0.25) is 0 Å². The van der Waals surface area contributed by atoms with Crippen LogP contribution in [-0.2, 0) is 4.74 Å². The number of nitriles is 1. The van der Waals surface area contributed by atoms with Crippen molar-refractivity contribution in [1.29, 1.82) is 5.26 Å². The molecule has 0 aromatic heterocycles. The lowest BCUT2D eigenvalue weighted by Crippen LogP contribution is -2.02. The second-order valence-electron chi connectivity index (χ2n) is 2.42. The Bertz CT molecular complexity index is 398. The molecule has 0 N–H and O–H groups in total. The summed E-state index contributed by atoms with van der Waals surface area (Å²) in [4.78, 5) is 11.1. The number of hydrogen-bond donors (Lipinski definition) is 0. The average molecular weight is 204 g/mol. The zero-order valence-electron chi connectivity index (χ0n) is 7.40. The van der Waals surface area contributed by atoms with Gasteiger partial charge >= 0.3 is 16.5 Å². The summed E-state index contributed by atoms with van der Waals surface area (Å²) in [6, 6.07) is 6.34. The van der Waals surface area contributed by atoms with Crippen LogP contribution in [0.1, 0.15) is 15.9 Å². The van der Waals surface area contributed by atoms with E-state index in [9.17, 15) is 4.79 Å². The average Bonchev–Trinajstić information content (AvgIpc) is 2.26. The van der Waals surface area contributed by atoms with Crippen molar-refractivity contribution in [3.8, 4) is 11.8 Å². The highest BCUT2D eigenvalue weighted by Gasteiger charge is 2.09. The summed E-state index contributed by atoms with van der Waals surface area (Å²) < 4.78 is 9.26. The van der Waals surface area contributed by atoms with Crippen LogP contribution in [0.5, 0.6) is 5.75 Å². The van der Waals surface area contributed by atoms with Gasteiger partial charge in [0.1, 0.15) is 11.8 Å². The van der Waals surface area contributed by atoms with Crippen LogP contribution in [0, 0.1) is 11.3 Å². The highest BCUT2D eigenvalue weighted by molar-refractivity contribution is 6.00. The van der Waals surface area contributed by atoms with Crippen molar-refractivity contribution in [1.82, 2.24) is 0 Å². The van der Waals surface area contributed by atoms with Crippen LogP contribution in [0.3, 0.4) is 0 Å². The van der Waals surface area contributed by atoms with Gasteiger partial charge < -0.3 is 9.16 Å². The van der Waals surface area contributed by atoms with E-state index in [1.807, 2.05) is 6.07 Å². The molecule has 0 atom stereocenters. The Balaban J connectivity index is 3.15. The summed E-state index contributed by atoms with van der Waals surface area (Å²) >= 11 is 0. The standard InChI is InChI=1S/C9H6NO3Si/c1-12-9(11)6-2-3-7(5-10)8(4-6)13-14/h2-4H,1H3. The zero-order chi connectivity index (χ0) is 10.6. The number of ether oxygens (including phenoxy) is 1. The fourth-order valence-electron chi connectivity index (χ4n) is 0.944. The van der Waals surface area contributed by atoms with Gasteiger partial charge in [0.2, 0.25) is 0 Å². The van der Waals surface area contributed by atoms with Gasteiger partial charge in [0.05, 0.1) is 18.2 Å². The molecule has 69 valence electrons. The van der Waals surface area contributed by atoms with Crippen LogP contribution in [-0.4, -0.2) is 23.6 Å². The van der Waals surface area contributed by atoms with E-state index < -0.39 is 5.97 Å². The lowest BCUT2D eigenvalue weighted by atomic mass is 10.1. The molecule has 14 heavy (non-hydrogen) atoms. The fraction of sp³-hybridized carbons (Fsp3) is 0.111. The molecule has 4 nitrogen and oxygen atoms in total. The summed E-state index contributed by atoms with van der Waals surface area (Å²) in [6.07, 6.45) is 0. The molecule has 1 aromatic rings. The Hall–Kier alpha value is -1.80. The van der Waals surface area contributed by atoms with E-state index in [-0.39, 0.29) is 5.75 Å². The number of esters is 1. The largest absolute Gasteiger partial charge is 0.540 e. The molecular weight excluding hydrogens is 198 g/mol. The molecule has 0 spiro atoms. The second kappa shape index (κ2) is 4.44. The van der Waals surface area contributed by atoms with E-state index in [4.69, 9.17) is 9.69 Å². The first-order valence-electron chi connectivity index (χ1n) is 3.69. The minimum absolute atomic E-state index is 0.284. The van der Waals surface area contributed by atoms with E-state index in [2.05, 4.69) is 15.2 Å². The highest BCUT2D eigenvalue weighted by Crippen LogP contribution is 2.19. The van der Waals surface area contributed by atoms with Crippen LogP contribution in [0.4, 0.5) is 0 Å². The molecule has 1 aromatic carbocycles. The summed E-state index contributed by atoms with van der Waals surface area (Å²) in [6.45, 7) is 0. The Labute approximate surface area is 84.6 Å². The molecule has 0 amide bonds. The van der Waals surface area contributed by atoms with E-state index >= 15 is 0 Å². The molecule has 0 saturated carbocycles. The molecule has 0 aliphatic carbocycles. The Morgan fingerprint density at radius 1 is 1.57 bits per heavy atom. The molecule has 0 saturated heterocycles. The van der Waals surface area contributed by atoms with Gasteiger partial charge in [-0.15, -0.1) is 0 Å². The van der Waals surface area contributed by atoms with E-state index in [1.54, 1.807) is 0 Å². The van der Waals surface area contributed by atoms with Crippen molar-refractivity contribution < 1.29 is 14.0 Å². The third kappa shape index (κ3) is 1.92. The molecule has 0 aliphatic rings. The van der Waals surface area contributed by atoms with Crippen LogP contribution < -0.4 is 4.43 Å². The molecule has 0 unspecified atom stereocenters.